The molecule has 0 saturated heterocycles. The van der Waals surface area contributed by atoms with Crippen LogP contribution in [-0.2, 0) is 0 Å². The summed E-state index contributed by atoms with van der Waals surface area (Å²) in [5.41, 5.74) is 2.00. The topological polar surface area (TPSA) is 68.9 Å². The minimum absolute atomic E-state index is 0.0775. The van der Waals surface area contributed by atoms with Crippen LogP contribution in [0.2, 0.25) is 5.15 Å². The van der Waals surface area contributed by atoms with Crippen molar-refractivity contribution in [2.24, 2.45) is 0 Å². The number of nitro groups is 1. The van der Waals surface area contributed by atoms with Gasteiger partial charge >= 0.3 is 0 Å². The van der Waals surface area contributed by atoms with Gasteiger partial charge in [0.15, 0.2) is 0 Å². The lowest BCUT2D eigenvalue weighted by Crippen LogP contribution is -1.92. The fourth-order valence-corrected chi connectivity index (χ4v) is 2.17. The van der Waals surface area contributed by atoms with E-state index in [0.29, 0.717) is 5.69 Å². The largest absolute Gasteiger partial charge is 0.274 e. The van der Waals surface area contributed by atoms with Gasteiger partial charge in [-0.2, -0.15) is 0 Å². The van der Waals surface area contributed by atoms with Crippen LogP contribution in [0.5, 0.6) is 0 Å². The lowest BCUT2D eigenvalue weighted by atomic mass is 10.1. The summed E-state index contributed by atoms with van der Waals surface area (Å²) in [7, 11) is 0. The molecule has 6 heteroatoms. The van der Waals surface area contributed by atoms with Gasteiger partial charge in [0.2, 0.25) is 0 Å². The monoisotopic (exact) mass is 285 g/mol. The fraction of sp³-hybridized carbons (Fsp3) is 0. The van der Waals surface area contributed by atoms with Gasteiger partial charge in [0.1, 0.15) is 5.15 Å². The van der Waals surface area contributed by atoms with Crippen molar-refractivity contribution < 1.29 is 4.92 Å². The molecule has 0 bridgehead atoms. The summed E-state index contributed by atoms with van der Waals surface area (Å²) in [5, 5.41) is 11.9. The number of hydrogen-bond acceptors (Lipinski definition) is 4. The Labute approximate surface area is 119 Å². The smallest absolute Gasteiger partial charge is 0.258 e. The molecule has 0 N–H and O–H groups in total. The predicted octanol–water partition coefficient (Wildman–Crippen LogP) is 3.86. The molecular weight excluding hydrogens is 278 g/mol. The molecule has 0 atom stereocenters. The second-order valence-corrected chi connectivity index (χ2v) is 4.59. The van der Waals surface area contributed by atoms with Crippen molar-refractivity contribution in [1.82, 2.24) is 9.97 Å². The van der Waals surface area contributed by atoms with Crippen molar-refractivity contribution >= 4 is 28.2 Å². The molecule has 98 valence electrons. The van der Waals surface area contributed by atoms with Crippen LogP contribution in [0.4, 0.5) is 5.69 Å². The van der Waals surface area contributed by atoms with E-state index >= 15 is 0 Å². The summed E-state index contributed by atoms with van der Waals surface area (Å²) in [6, 6.07) is 11.9. The van der Waals surface area contributed by atoms with Gasteiger partial charge < -0.3 is 0 Å². The summed E-state index contributed by atoms with van der Waals surface area (Å²) in [5.74, 6) is 0. The molecule has 1 aromatic carbocycles. The second kappa shape index (κ2) is 4.86. The minimum atomic E-state index is -0.486. The average molecular weight is 286 g/mol. The maximum Gasteiger partial charge on any atom is 0.274 e. The van der Waals surface area contributed by atoms with Crippen molar-refractivity contribution in [1.29, 1.82) is 0 Å². The first kappa shape index (κ1) is 12.5. The number of fused-ring (bicyclic) bond motifs is 1. The van der Waals surface area contributed by atoms with Gasteiger partial charge in [0, 0.05) is 23.2 Å². The average Bonchev–Trinajstić information content (AvgIpc) is 2.46. The van der Waals surface area contributed by atoms with Crippen LogP contribution in [-0.4, -0.2) is 14.9 Å². The molecule has 0 saturated carbocycles. The molecule has 0 radical (unpaired) electrons. The van der Waals surface area contributed by atoms with E-state index in [1.807, 2.05) is 30.3 Å². The van der Waals surface area contributed by atoms with Crippen LogP contribution in [0.15, 0.2) is 48.7 Å². The molecular formula is C14H8ClN3O2. The Morgan fingerprint density at radius 1 is 1.15 bits per heavy atom. The first-order valence-electron chi connectivity index (χ1n) is 5.80. The van der Waals surface area contributed by atoms with Gasteiger partial charge in [-0.05, 0) is 18.2 Å². The van der Waals surface area contributed by atoms with E-state index in [9.17, 15) is 10.1 Å². The molecule has 3 rings (SSSR count). The standard InChI is InChI=1S/C14H8ClN3O2/c15-14-8-11(18(19)20)7-13(17-14)10-3-4-12-9(6-10)2-1-5-16-12/h1-8H. The van der Waals surface area contributed by atoms with Crippen LogP contribution in [0.1, 0.15) is 0 Å². The molecule has 0 fully saturated rings. The van der Waals surface area contributed by atoms with E-state index in [0.717, 1.165) is 16.5 Å². The summed E-state index contributed by atoms with van der Waals surface area (Å²) >= 11 is 5.83. The Morgan fingerprint density at radius 2 is 2.00 bits per heavy atom. The van der Waals surface area contributed by atoms with E-state index in [4.69, 9.17) is 11.6 Å². The highest BCUT2D eigenvalue weighted by molar-refractivity contribution is 6.29. The van der Waals surface area contributed by atoms with Gasteiger partial charge in [-0.1, -0.05) is 23.7 Å². The molecule has 5 nitrogen and oxygen atoms in total. The Bertz CT molecular complexity index is 820. The van der Waals surface area contributed by atoms with E-state index < -0.39 is 4.92 Å². The molecule has 2 aromatic heterocycles. The highest BCUT2D eigenvalue weighted by Crippen LogP contribution is 2.27. The van der Waals surface area contributed by atoms with Crippen LogP contribution in [0, 0.1) is 10.1 Å². The maximum atomic E-state index is 10.9. The highest BCUT2D eigenvalue weighted by Gasteiger charge is 2.12. The maximum absolute atomic E-state index is 10.9. The number of pyridine rings is 2. The van der Waals surface area contributed by atoms with Gasteiger partial charge in [-0.3, -0.25) is 15.1 Å². The Morgan fingerprint density at radius 3 is 2.80 bits per heavy atom. The number of rotatable bonds is 2. The summed E-state index contributed by atoms with van der Waals surface area (Å²) < 4.78 is 0. The van der Waals surface area contributed by atoms with Crippen molar-refractivity contribution in [3.63, 3.8) is 0 Å². The molecule has 3 aromatic rings. The summed E-state index contributed by atoms with van der Waals surface area (Å²) in [6.07, 6.45) is 1.71. The number of aromatic nitrogens is 2. The molecule has 20 heavy (non-hydrogen) atoms. The van der Waals surface area contributed by atoms with Gasteiger partial charge in [0.05, 0.1) is 22.2 Å². The van der Waals surface area contributed by atoms with E-state index in [2.05, 4.69) is 9.97 Å². The van der Waals surface area contributed by atoms with Crippen molar-refractivity contribution in [2.45, 2.75) is 0 Å². The Kier molecular flexibility index (Phi) is 3.04. The zero-order chi connectivity index (χ0) is 14.1. The predicted molar refractivity (Wildman–Crippen MR) is 76.6 cm³/mol. The normalized spacial score (nSPS) is 10.7. The van der Waals surface area contributed by atoms with E-state index in [-0.39, 0.29) is 10.8 Å². The zero-order valence-corrected chi connectivity index (χ0v) is 10.9. The number of hydrogen-bond donors (Lipinski definition) is 0. The van der Waals surface area contributed by atoms with Crippen LogP contribution in [0.25, 0.3) is 22.2 Å². The minimum Gasteiger partial charge on any atom is -0.258 e. The quantitative estimate of drug-likeness (QED) is 0.407. The third-order valence-corrected chi connectivity index (χ3v) is 3.08. The third-order valence-electron chi connectivity index (χ3n) is 2.89. The molecule has 0 amide bonds. The Hall–Kier alpha value is -2.53. The van der Waals surface area contributed by atoms with Crippen LogP contribution < -0.4 is 0 Å². The SMILES string of the molecule is O=[N+]([O-])c1cc(Cl)nc(-c2ccc3ncccc3c2)c1. The van der Waals surface area contributed by atoms with E-state index in [1.54, 1.807) is 6.20 Å². The van der Waals surface area contributed by atoms with Crippen LogP contribution in [0.3, 0.4) is 0 Å². The van der Waals surface area contributed by atoms with E-state index in [1.165, 1.54) is 12.1 Å². The lowest BCUT2D eigenvalue weighted by Gasteiger charge is -2.03. The van der Waals surface area contributed by atoms with Gasteiger partial charge in [-0.15, -0.1) is 0 Å². The molecule has 2 heterocycles. The van der Waals surface area contributed by atoms with Gasteiger partial charge in [-0.25, -0.2) is 4.98 Å². The molecule has 0 aliphatic carbocycles. The molecule has 0 unspecified atom stereocenters. The molecule has 0 aliphatic rings. The van der Waals surface area contributed by atoms with Crippen molar-refractivity contribution in [3.8, 4) is 11.3 Å². The Balaban J connectivity index is 2.17. The number of halogens is 1. The van der Waals surface area contributed by atoms with Gasteiger partial charge in [0.25, 0.3) is 5.69 Å². The van der Waals surface area contributed by atoms with Crippen molar-refractivity contribution in [2.75, 3.05) is 0 Å². The fourth-order valence-electron chi connectivity index (χ4n) is 1.97. The first-order chi connectivity index (χ1) is 9.63. The third kappa shape index (κ3) is 2.31. The number of benzene rings is 1. The van der Waals surface area contributed by atoms with Crippen molar-refractivity contribution in [3.05, 3.63) is 63.9 Å². The summed E-state index contributed by atoms with van der Waals surface area (Å²) in [4.78, 5) is 18.7. The zero-order valence-electron chi connectivity index (χ0n) is 10.2. The molecule has 0 aliphatic heterocycles. The molecule has 0 spiro atoms. The summed E-state index contributed by atoms with van der Waals surface area (Å²) in [6.45, 7) is 0. The number of nitrogens with zero attached hydrogens (tertiary/aromatic N) is 3. The lowest BCUT2D eigenvalue weighted by molar-refractivity contribution is -0.384. The highest BCUT2D eigenvalue weighted by atomic mass is 35.5. The van der Waals surface area contributed by atoms with Crippen LogP contribution >= 0.6 is 11.6 Å². The second-order valence-electron chi connectivity index (χ2n) is 4.20. The first-order valence-corrected chi connectivity index (χ1v) is 6.18.